The number of para-hydroxylation sites is 1. The van der Waals surface area contributed by atoms with Crippen LogP contribution in [0.1, 0.15) is 30.0 Å². The van der Waals surface area contributed by atoms with Gasteiger partial charge < -0.3 is 10.5 Å². The predicted octanol–water partition coefficient (Wildman–Crippen LogP) is 3.99. The van der Waals surface area contributed by atoms with Crippen LogP contribution in [0.25, 0.3) is 0 Å². The minimum atomic E-state index is -0.0438. The van der Waals surface area contributed by atoms with E-state index < -0.39 is 0 Å². The van der Waals surface area contributed by atoms with Crippen molar-refractivity contribution in [3.63, 3.8) is 0 Å². The summed E-state index contributed by atoms with van der Waals surface area (Å²) >= 11 is 0. The quantitative estimate of drug-likeness (QED) is 0.870. The second kappa shape index (κ2) is 6.77. The molecule has 2 rings (SSSR count). The Labute approximate surface area is 127 Å². The van der Waals surface area contributed by atoms with Crippen molar-refractivity contribution < 1.29 is 4.74 Å². The molecule has 2 nitrogen and oxygen atoms in total. The van der Waals surface area contributed by atoms with Gasteiger partial charge in [-0.25, -0.2) is 0 Å². The normalized spacial score (nSPS) is 13.7. The van der Waals surface area contributed by atoms with Crippen molar-refractivity contribution in [1.82, 2.24) is 0 Å². The molecule has 0 saturated carbocycles. The maximum Gasteiger partial charge on any atom is 0.125 e. The van der Waals surface area contributed by atoms with Gasteiger partial charge in [0.15, 0.2) is 0 Å². The van der Waals surface area contributed by atoms with Crippen molar-refractivity contribution in [2.45, 2.75) is 32.6 Å². The number of rotatable bonds is 6. The highest BCUT2D eigenvalue weighted by atomic mass is 16.5. The van der Waals surface area contributed by atoms with Gasteiger partial charge in [0.25, 0.3) is 0 Å². The maximum absolute atomic E-state index is 6.03. The van der Waals surface area contributed by atoms with Crippen molar-refractivity contribution in [2.24, 2.45) is 5.73 Å². The first-order chi connectivity index (χ1) is 10.1. The Kier molecular flexibility index (Phi) is 5.03. The molecule has 0 spiro atoms. The summed E-state index contributed by atoms with van der Waals surface area (Å²) in [5.74, 6) is 1.00. The van der Waals surface area contributed by atoms with Gasteiger partial charge >= 0.3 is 0 Å². The van der Waals surface area contributed by atoms with Gasteiger partial charge in [-0.1, -0.05) is 55.5 Å². The highest BCUT2D eigenvalue weighted by Gasteiger charge is 2.24. The van der Waals surface area contributed by atoms with Crippen LogP contribution >= 0.6 is 0 Å². The zero-order valence-electron chi connectivity index (χ0n) is 13.2. The molecule has 112 valence electrons. The van der Waals surface area contributed by atoms with E-state index in [9.17, 15) is 0 Å². The van der Waals surface area contributed by atoms with Crippen LogP contribution in [0, 0.1) is 13.8 Å². The predicted molar refractivity (Wildman–Crippen MR) is 88.9 cm³/mol. The number of hydrogen-bond donors (Lipinski definition) is 1. The monoisotopic (exact) mass is 283 g/mol. The van der Waals surface area contributed by atoms with E-state index in [0.29, 0.717) is 13.2 Å². The van der Waals surface area contributed by atoms with Crippen LogP contribution in [0.2, 0.25) is 0 Å². The number of aryl methyl sites for hydroxylation is 2. The van der Waals surface area contributed by atoms with Gasteiger partial charge in [0.1, 0.15) is 5.75 Å². The van der Waals surface area contributed by atoms with E-state index in [-0.39, 0.29) is 5.41 Å². The molecule has 2 aromatic rings. The summed E-state index contributed by atoms with van der Waals surface area (Å²) in [5.41, 5.74) is 9.62. The third kappa shape index (κ3) is 3.64. The molecule has 0 fully saturated rings. The minimum Gasteiger partial charge on any atom is -0.493 e. The molecule has 2 heteroatoms. The lowest BCUT2D eigenvalue weighted by atomic mass is 9.80. The first-order valence-corrected chi connectivity index (χ1v) is 7.51. The third-order valence-corrected chi connectivity index (χ3v) is 4.23. The number of benzene rings is 2. The average Bonchev–Trinajstić information content (AvgIpc) is 2.51. The van der Waals surface area contributed by atoms with Crippen LogP contribution in [-0.4, -0.2) is 13.2 Å². The van der Waals surface area contributed by atoms with Gasteiger partial charge in [0.05, 0.1) is 6.61 Å². The Balaban J connectivity index is 2.04. The van der Waals surface area contributed by atoms with E-state index in [0.717, 1.165) is 12.2 Å². The molecule has 0 bridgehead atoms. The smallest absolute Gasteiger partial charge is 0.125 e. The lowest BCUT2D eigenvalue weighted by Gasteiger charge is -2.29. The van der Waals surface area contributed by atoms with Gasteiger partial charge in [0.2, 0.25) is 0 Å². The first-order valence-electron chi connectivity index (χ1n) is 7.51. The second-order valence-electron chi connectivity index (χ2n) is 5.95. The molecule has 21 heavy (non-hydrogen) atoms. The van der Waals surface area contributed by atoms with E-state index in [1.54, 1.807) is 0 Å². The summed E-state index contributed by atoms with van der Waals surface area (Å²) in [4.78, 5) is 0. The third-order valence-electron chi connectivity index (χ3n) is 4.23. The summed E-state index contributed by atoms with van der Waals surface area (Å²) in [6, 6.07) is 16.7. The molecule has 0 amide bonds. The summed E-state index contributed by atoms with van der Waals surface area (Å²) in [7, 11) is 0. The molecule has 0 saturated heterocycles. The summed E-state index contributed by atoms with van der Waals surface area (Å²) in [6.45, 7) is 7.67. The van der Waals surface area contributed by atoms with E-state index >= 15 is 0 Å². The molecule has 0 aliphatic rings. The Morgan fingerprint density at radius 1 is 0.952 bits per heavy atom. The second-order valence-corrected chi connectivity index (χ2v) is 5.95. The zero-order chi connectivity index (χ0) is 15.3. The van der Waals surface area contributed by atoms with Crippen molar-refractivity contribution in [3.8, 4) is 5.75 Å². The van der Waals surface area contributed by atoms with E-state index in [2.05, 4.69) is 63.2 Å². The maximum atomic E-state index is 6.03. The standard InChI is InChI=1S/C19H25NO/c1-15-8-7-9-16(2)18(15)21-13-12-19(3,14-20)17-10-5-4-6-11-17/h4-11H,12-14,20H2,1-3H3. The summed E-state index contributed by atoms with van der Waals surface area (Å²) in [5, 5.41) is 0. The Hall–Kier alpha value is -1.80. The molecule has 0 radical (unpaired) electrons. The fourth-order valence-electron chi connectivity index (χ4n) is 2.61. The molecular formula is C19H25NO. The molecule has 0 aliphatic heterocycles. The SMILES string of the molecule is Cc1cccc(C)c1OCCC(C)(CN)c1ccccc1. The van der Waals surface area contributed by atoms with Gasteiger partial charge in [-0.3, -0.25) is 0 Å². The van der Waals surface area contributed by atoms with Gasteiger partial charge in [0, 0.05) is 12.0 Å². The number of hydrogen-bond acceptors (Lipinski definition) is 2. The summed E-state index contributed by atoms with van der Waals surface area (Å²) in [6.07, 6.45) is 0.904. The molecule has 2 N–H and O–H groups in total. The molecule has 0 heterocycles. The minimum absolute atomic E-state index is 0.0438. The fraction of sp³-hybridized carbons (Fsp3) is 0.368. The molecule has 0 aliphatic carbocycles. The lowest BCUT2D eigenvalue weighted by molar-refractivity contribution is 0.264. The Morgan fingerprint density at radius 2 is 1.57 bits per heavy atom. The van der Waals surface area contributed by atoms with Crippen LogP contribution in [-0.2, 0) is 5.41 Å². The lowest BCUT2D eigenvalue weighted by Crippen LogP contribution is -2.33. The topological polar surface area (TPSA) is 35.2 Å². The zero-order valence-corrected chi connectivity index (χ0v) is 13.2. The highest BCUT2D eigenvalue weighted by Crippen LogP contribution is 2.28. The number of ether oxygens (including phenoxy) is 1. The van der Waals surface area contributed by atoms with Crippen LogP contribution in [0.4, 0.5) is 0 Å². The van der Waals surface area contributed by atoms with E-state index in [4.69, 9.17) is 10.5 Å². The molecule has 1 atom stereocenters. The van der Waals surface area contributed by atoms with Crippen molar-refractivity contribution >= 4 is 0 Å². The van der Waals surface area contributed by atoms with Crippen LogP contribution in [0.3, 0.4) is 0 Å². The van der Waals surface area contributed by atoms with Crippen molar-refractivity contribution in [3.05, 3.63) is 65.2 Å². The van der Waals surface area contributed by atoms with Crippen LogP contribution in [0.15, 0.2) is 48.5 Å². The van der Waals surface area contributed by atoms with Crippen LogP contribution in [0.5, 0.6) is 5.75 Å². The van der Waals surface area contributed by atoms with E-state index in [1.807, 2.05) is 6.07 Å². The Bertz CT molecular complexity index is 559. The fourth-order valence-corrected chi connectivity index (χ4v) is 2.61. The first kappa shape index (κ1) is 15.6. The largest absolute Gasteiger partial charge is 0.493 e. The van der Waals surface area contributed by atoms with Gasteiger partial charge in [-0.15, -0.1) is 0 Å². The molecular weight excluding hydrogens is 258 g/mol. The molecule has 1 unspecified atom stereocenters. The van der Waals surface area contributed by atoms with Gasteiger partial charge in [-0.2, -0.15) is 0 Å². The van der Waals surface area contributed by atoms with E-state index in [1.165, 1.54) is 16.7 Å². The summed E-state index contributed by atoms with van der Waals surface area (Å²) < 4.78 is 6.03. The molecule has 0 aromatic heterocycles. The molecule has 2 aromatic carbocycles. The Morgan fingerprint density at radius 3 is 2.14 bits per heavy atom. The van der Waals surface area contributed by atoms with Crippen molar-refractivity contribution in [2.75, 3.05) is 13.2 Å². The van der Waals surface area contributed by atoms with Gasteiger partial charge in [-0.05, 0) is 37.0 Å². The van der Waals surface area contributed by atoms with Crippen molar-refractivity contribution in [1.29, 1.82) is 0 Å². The number of nitrogens with two attached hydrogens (primary N) is 1. The highest BCUT2D eigenvalue weighted by molar-refractivity contribution is 5.39. The average molecular weight is 283 g/mol. The van der Waals surface area contributed by atoms with Crippen LogP contribution < -0.4 is 10.5 Å².